The SMILES string of the molecule is CCCC(c1nnnn1CCOC)N(CCc1ccccc1)Cc1cc2ccc(C)cc2[nH]c1=O. The van der Waals surface area contributed by atoms with Crippen LogP contribution in [-0.4, -0.2) is 50.4 Å². The quantitative estimate of drug-likeness (QED) is 0.333. The van der Waals surface area contributed by atoms with Crippen molar-refractivity contribution in [3.05, 3.63) is 87.5 Å². The van der Waals surface area contributed by atoms with Gasteiger partial charge in [-0.05, 0) is 58.8 Å². The second kappa shape index (κ2) is 11.9. The fourth-order valence-corrected chi connectivity index (χ4v) is 4.49. The summed E-state index contributed by atoms with van der Waals surface area (Å²) in [6.45, 7) is 6.59. The maximum Gasteiger partial charge on any atom is 0.252 e. The topological polar surface area (TPSA) is 88.9 Å². The third-order valence-corrected chi connectivity index (χ3v) is 6.35. The first-order valence-electron chi connectivity index (χ1n) is 12.2. The molecule has 35 heavy (non-hydrogen) atoms. The van der Waals surface area contributed by atoms with Crippen molar-refractivity contribution in [2.75, 3.05) is 20.3 Å². The van der Waals surface area contributed by atoms with E-state index in [0.29, 0.717) is 19.7 Å². The van der Waals surface area contributed by atoms with Gasteiger partial charge in [0.1, 0.15) is 0 Å². The molecule has 0 aliphatic heterocycles. The lowest BCUT2D eigenvalue weighted by Crippen LogP contribution is -2.34. The highest BCUT2D eigenvalue weighted by atomic mass is 16.5. The number of nitrogens with one attached hydrogen (secondary N) is 1. The summed E-state index contributed by atoms with van der Waals surface area (Å²) in [5.74, 6) is 0.810. The van der Waals surface area contributed by atoms with Crippen molar-refractivity contribution in [1.82, 2.24) is 30.1 Å². The number of nitrogens with zero attached hydrogens (tertiary/aromatic N) is 5. The first kappa shape index (κ1) is 24.8. The fraction of sp³-hybridized carbons (Fsp3) is 0.407. The van der Waals surface area contributed by atoms with Crippen molar-refractivity contribution >= 4 is 10.9 Å². The molecule has 0 aliphatic carbocycles. The van der Waals surface area contributed by atoms with Gasteiger partial charge >= 0.3 is 0 Å². The second-order valence-corrected chi connectivity index (χ2v) is 8.98. The highest BCUT2D eigenvalue weighted by Gasteiger charge is 2.26. The van der Waals surface area contributed by atoms with Crippen molar-refractivity contribution in [2.45, 2.75) is 52.2 Å². The standard InChI is InChI=1S/C27H34N6O2/c1-4-8-25(26-29-30-31-33(26)15-16-35-3)32(14-13-21-9-6-5-7-10-21)19-23-18-22-12-11-20(2)17-24(22)28-27(23)34/h5-7,9-12,17-18,25H,4,8,13-16,19H2,1-3H3,(H,28,34). The summed E-state index contributed by atoms with van der Waals surface area (Å²) in [5, 5.41) is 13.6. The smallest absolute Gasteiger partial charge is 0.252 e. The summed E-state index contributed by atoms with van der Waals surface area (Å²) < 4.78 is 7.09. The van der Waals surface area contributed by atoms with E-state index in [2.05, 4.69) is 68.7 Å². The number of aromatic amines is 1. The monoisotopic (exact) mass is 474 g/mol. The number of pyridine rings is 1. The van der Waals surface area contributed by atoms with E-state index >= 15 is 0 Å². The number of benzene rings is 2. The minimum Gasteiger partial charge on any atom is -0.383 e. The Kier molecular flexibility index (Phi) is 8.39. The van der Waals surface area contributed by atoms with Crippen LogP contribution in [0.15, 0.2) is 59.4 Å². The van der Waals surface area contributed by atoms with Crippen LogP contribution in [0.3, 0.4) is 0 Å². The van der Waals surface area contributed by atoms with Crippen LogP contribution < -0.4 is 5.56 Å². The van der Waals surface area contributed by atoms with Gasteiger partial charge in [-0.15, -0.1) is 5.10 Å². The number of hydrogen-bond donors (Lipinski definition) is 1. The third kappa shape index (κ3) is 6.21. The van der Waals surface area contributed by atoms with Crippen LogP contribution in [0, 0.1) is 6.92 Å². The van der Waals surface area contributed by atoms with Crippen LogP contribution in [0.25, 0.3) is 10.9 Å². The van der Waals surface area contributed by atoms with Crippen LogP contribution in [0.1, 0.15) is 48.3 Å². The third-order valence-electron chi connectivity index (χ3n) is 6.35. The van der Waals surface area contributed by atoms with Crippen LogP contribution in [0.2, 0.25) is 0 Å². The average Bonchev–Trinajstić information content (AvgIpc) is 3.33. The molecule has 0 radical (unpaired) electrons. The van der Waals surface area contributed by atoms with Gasteiger partial charge < -0.3 is 9.72 Å². The molecule has 0 aliphatic rings. The molecule has 4 aromatic rings. The molecule has 8 nitrogen and oxygen atoms in total. The molecule has 0 bridgehead atoms. The summed E-state index contributed by atoms with van der Waals surface area (Å²) in [5.41, 5.74) is 3.93. The number of methoxy groups -OCH3 is 1. The molecule has 2 heterocycles. The Morgan fingerprint density at radius 1 is 1.14 bits per heavy atom. The van der Waals surface area contributed by atoms with E-state index in [0.717, 1.165) is 53.7 Å². The maximum atomic E-state index is 13.1. The number of H-pyrrole nitrogens is 1. The Morgan fingerprint density at radius 3 is 2.74 bits per heavy atom. The number of rotatable bonds is 12. The van der Waals surface area contributed by atoms with E-state index in [1.54, 1.807) is 7.11 Å². The number of fused-ring (bicyclic) bond motifs is 1. The minimum absolute atomic E-state index is 0.0244. The van der Waals surface area contributed by atoms with Gasteiger partial charge in [0.25, 0.3) is 5.56 Å². The highest BCUT2D eigenvalue weighted by Crippen LogP contribution is 2.26. The summed E-state index contributed by atoms with van der Waals surface area (Å²) in [6.07, 6.45) is 2.72. The highest BCUT2D eigenvalue weighted by molar-refractivity contribution is 5.79. The first-order valence-corrected chi connectivity index (χ1v) is 12.2. The molecule has 2 aromatic carbocycles. The molecule has 184 valence electrons. The second-order valence-electron chi connectivity index (χ2n) is 8.98. The molecule has 1 atom stereocenters. The largest absolute Gasteiger partial charge is 0.383 e. The normalized spacial score (nSPS) is 12.5. The summed E-state index contributed by atoms with van der Waals surface area (Å²) >= 11 is 0. The Bertz CT molecular complexity index is 1280. The van der Waals surface area contributed by atoms with Crippen molar-refractivity contribution < 1.29 is 4.74 Å². The number of hydrogen-bond acceptors (Lipinski definition) is 6. The minimum atomic E-state index is -0.0537. The van der Waals surface area contributed by atoms with Crippen molar-refractivity contribution in [1.29, 1.82) is 0 Å². The van der Waals surface area contributed by atoms with Crippen molar-refractivity contribution in [3.8, 4) is 0 Å². The molecule has 1 N–H and O–H groups in total. The Hall–Kier alpha value is -3.36. The predicted octanol–water partition coefficient (Wildman–Crippen LogP) is 4.06. The number of ether oxygens (including phenoxy) is 1. The molecule has 1 unspecified atom stereocenters. The molecule has 2 aromatic heterocycles. The molecular formula is C27H34N6O2. The van der Waals surface area contributed by atoms with E-state index in [4.69, 9.17) is 4.74 Å². The van der Waals surface area contributed by atoms with Gasteiger partial charge in [0.05, 0.1) is 19.2 Å². The summed E-state index contributed by atoms with van der Waals surface area (Å²) in [4.78, 5) is 18.5. The van der Waals surface area contributed by atoms with E-state index in [9.17, 15) is 4.79 Å². The molecular weight excluding hydrogens is 440 g/mol. The Morgan fingerprint density at radius 2 is 1.97 bits per heavy atom. The van der Waals surface area contributed by atoms with E-state index in [-0.39, 0.29) is 11.6 Å². The lowest BCUT2D eigenvalue weighted by Gasteiger charge is -2.31. The van der Waals surface area contributed by atoms with Gasteiger partial charge in [0, 0.05) is 31.3 Å². The van der Waals surface area contributed by atoms with E-state index in [1.165, 1.54) is 5.56 Å². The maximum absolute atomic E-state index is 13.1. The van der Waals surface area contributed by atoms with Crippen LogP contribution >= 0.6 is 0 Å². The fourth-order valence-electron chi connectivity index (χ4n) is 4.49. The molecule has 0 amide bonds. The van der Waals surface area contributed by atoms with Crippen LogP contribution in [0.5, 0.6) is 0 Å². The van der Waals surface area contributed by atoms with Gasteiger partial charge in [-0.25, -0.2) is 4.68 Å². The van der Waals surface area contributed by atoms with Gasteiger partial charge in [-0.1, -0.05) is 55.8 Å². The zero-order valence-electron chi connectivity index (χ0n) is 20.8. The molecule has 0 fully saturated rings. The number of aryl methyl sites for hydroxylation is 1. The molecule has 0 saturated heterocycles. The average molecular weight is 475 g/mol. The van der Waals surface area contributed by atoms with Crippen LogP contribution in [-0.2, 0) is 24.2 Å². The van der Waals surface area contributed by atoms with E-state index in [1.807, 2.05) is 29.8 Å². The van der Waals surface area contributed by atoms with Crippen molar-refractivity contribution in [3.63, 3.8) is 0 Å². The van der Waals surface area contributed by atoms with Gasteiger partial charge in [-0.3, -0.25) is 9.69 Å². The van der Waals surface area contributed by atoms with Gasteiger partial charge in [0.15, 0.2) is 5.82 Å². The lowest BCUT2D eigenvalue weighted by molar-refractivity contribution is 0.154. The Balaban J connectivity index is 1.69. The first-order chi connectivity index (χ1) is 17.1. The summed E-state index contributed by atoms with van der Waals surface area (Å²) in [6, 6.07) is 18.6. The zero-order valence-corrected chi connectivity index (χ0v) is 20.8. The molecule has 4 rings (SSSR count). The summed E-state index contributed by atoms with van der Waals surface area (Å²) in [7, 11) is 1.67. The predicted molar refractivity (Wildman–Crippen MR) is 137 cm³/mol. The lowest BCUT2D eigenvalue weighted by atomic mass is 10.0. The molecule has 0 spiro atoms. The zero-order chi connectivity index (χ0) is 24.6. The number of tetrazole rings is 1. The van der Waals surface area contributed by atoms with Crippen LogP contribution in [0.4, 0.5) is 0 Å². The number of aromatic nitrogens is 5. The van der Waals surface area contributed by atoms with Crippen molar-refractivity contribution in [2.24, 2.45) is 0 Å². The Labute approximate surface area is 205 Å². The van der Waals surface area contributed by atoms with Gasteiger partial charge in [0.2, 0.25) is 0 Å². The molecule has 8 heteroatoms. The molecule has 0 saturated carbocycles. The van der Waals surface area contributed by atoms with Gasteiger partial charge in [-0.2, -0.15) is 0 Å². The van der Waals surface area contributed by atoms with E-state index < -0.39 is 0 Å².